The predicted octanol–water partition coefficient (Wildman–Crippen LogP) is 2.67. The van der Waals surface area contributed by atoms with E-state index >= 15 is 0 Å². The number of nitrogens with zero attached hydrogens (tertiary/aromatic N) is 3. The fraction of sp³-hybridized carbons (Fsp3) is 0.706. The van der Waals surface area contributed by atoms with E-state index in [-0.39, 0.29) is 0 Å². The summed E-state index contributed by atoms with van der Waals surface area (Å²) >= 11 is 0. The standard InChI is InChI=1S/C17H30N4/c1-5-9-18-14(2)15-6-10-19-17(13-15)21(4)16-7-11-20(3)12-8-16/h6,10,13-14,16,18H,5,7-9,11-12H2,1-4H3. The summed E-state index contributed by atoms with van der Waals surface area (Å²) in [5.41, 5.74) is 1.33. The minimum atomic E-state index is 0.387. The molecule has 2 heterocycles. The Morgan fingerprint density at radius 3 is 2.81 bits per heavy atom. The van der Waals surface area contributed by atoms with Crippen LogP contribution in [0.3, 0.4) is 0 Å². The first kappa shape index (κ1) is 16.2. The molecule has 1 aliphatic heterocycles. The van der Waals surface area contributed by atoms with Crippen molar-refractivity contribution in [3.05, 3.63) is 23.9 Å². The molecule has 1 aromatic rings. The highest BCUT2D eigenvalue weighted by molar-refractivity contribution is 5.42. The van der Waals surface area contributed by atoms with E-state index in [1.54, 1.807) is 0 Å². The Hall–Kier alpha value is -1.13. The number of hydrogen-bond acceptors (Lipinski definition) is 4. The van der Waals surface area contributed by atoms with Crippen LogP contribution in [0.4, 0.5) is 5.82 Å². The van der Waals surface area contributed by atoms with Crippen LogP contribution in [0.1, 0.15) is 44.7 Å². The zero-order valence-electron chi connectivity index (χ0n) is 14.0. The molecule has 1 fully saturated rings. The Morgan fingerprint density at radius 2 is 2.14 bits per heavy atom. The van der Waals surface area contributed by atoms with Crippen LogP contribution in [0.2, 0.25) is 0 Å². The van der Waals surface area contributed by atoms with Gasteiger partial charge in [0.15, 0.2) is 0 Å². The van der Waals surface area contributed by atoms with Crippen LogP contribution < -0.4 is 10.2 Å². The smallest absolute Gasteiger partial charge is 0.128 e. The lowest BCUT2D eigenvalue weighted by Crippen LogP contribution is -2.42. The number of pyridine rings is 1. The van der Waals surface area contributed by atoms with Gasteiger partial charge in [0.2, 0.25) is 0 Å². The van der Waals surface area contributed by atoms with E-state index in [9.17, 15) is 0 Å². The van der Waals surface area contributed by atoms with E-state index in [0.717, 1.165) is 18.8 Å². The Morgan fingerprint density at radius 1 is 1.43 bits per heavy atom. The molecule has 0 spiro atoms. The molecule has 0 radical (unpaired) electrons. The van der Waals surface area contributed by atoms with Crippen LogP contribution in [-0.4, -0.2) is 49.7 Å². The topological polar surface area (TPSA) is 31.4 Å². The molecule has 1 saturated heterocycles. The number of likely N-dealkylation sites (tertiary alicyclic amines) is 1. The Bertz CT molecular complexity index is 427. The van der Waals surface area contributed by atoms with Gasteiger partial charge in [0, 0.05) is 25.3 Å². The largest absolute Gasteiger partial charge is 0.357 e. The van der Waals surface area contributed by atoms with Crippen molar-refractivity contribution in [2.45, 2.75) is 45.2 Å². The summed E-state index contributed by atoms with van der Waals surface area (Å²) in [5.74, 6) is 1.10. The van der Waals surface area contributed by atoms with Crippen molar-refractivity contribution in [3.63, 3.8) is 0 Å². The quantitative estimate of drug-likeness (QED) is 0.873. The van der Waals surface area contributed by atoms with Gasteiger partial charge in [-0.2, -0.15) is 0 Å². The monoisotopic (exact) mass is 290 g/mol. The normalized spacial score (nSPS) is 18.7. The molecule has 21 heavy (non-hydrogen) atoms. The number of hydrogen-bond donors (Lipinski definition) is 1. The lowest BCUT2D eigenvalue weighted by molar-refractivity contribution is 0.252. The van der Waals surface area contributed by atoms with E-state index in [2.05, 4.69) is 60.2 Å². The SMILES string of the molecule is CCCNC(C)c1ccnc(N(C)C2CCN(C)CC2)c1. The summed E-state index contributed by atoms with van der Waals surface area (Å²) in [5, 5.41) is 3.55. The van der Waals surface area contributed by atoms with Crippen LogP contribution >= 0.6 is 0 Å². The van der Waals surface area contributed by atoms with Gasteiger partial charge in [-0.1, -0.05) is 6.92 Å². The van der Waals surface area contributed by atoms with Crippen molar-refractivity contribution in [3.8, 4) is 0 Å². The molecule has 2 rings (SSSR count). The summed E-state index contributed by atoms with van der Waals surface area (Å²) in [4.78, 5) is 9.35. The fourth-order valence-electron chi connectivity index (χ4n) is 2.94. The van der Waals surface area contributed by atoms with E-state index in [0.29, 0.717) is 12.1 Å². The third kappa shape index (κ3) is 4.42. The molecule has 0 aliphatic carbocycles. The number of rotatable bonds is 6. The minimum absolute atomic E-state index is 0.387. The molecule has 0 aromatic carbocycles. The highest BCUT2D eigenvalue weighted by Gasteiger charge is 2.21. The van der Waals surface area contributed by atoms with Crippen molar-refractivity contribution in [1.29, 1.82) is 0 Å². The fourth-order valence-corrected chi connectivity index (χ4v) is 2.94. The molecular weight excluding hydrogens is 260 g/mol. The number of aromatic nitrogens is 1. The van der Waals surface area contributed by atoms with Crippen molar-refractivity contribution < 1.29 is 0 Å². The average Bonchev–Trinajstić information content (AvgIpc) is 2.52. The van der Waals surface area contributed by atoms with Gasteiger partial charge in [-0.05, 0) is 70.6 Å². The average molecular weight is 290 g/mol. The van der Waals surface area contributed by atoms with Gasteiger partial charge in [0.1, 0.15) is 5.82 Å². The minimum Gasteiger partial charge on any atom is -0.357 e. The highest BCUT2D eigenvalue weighted by atomic mass is 15.2. The molecule has 1 aromatic heterocycles. The summed E-state index contributed by atoms with van der Waals surface area (Å²) in [6, 6.07) is 5.37. The zero-order valence-corrected chi connectivity index (χ0v) is 14.0. The third-order valence-electron chi connectivity index (χ3n) is 4.57. The van der Waals surface area contributed by atoms with Crippen molar-refractivity contribution in [2.24, 2.45) is 0 Å². The van der Waals surface area contributed by atoms with E-state index < -0.39 is 0 Å². The molecule has 4 heteroatoms. The molecule has 1 N–H and O–H groups in total. The van der Waals surface area contributed by atoms with Crippen LogP contribution in [0, 0.1) is 0 Å². The molecule has 118 valence electrons. The van der Waals surface area contributed by atoms with Crippen molar-refractivity contribution in [1.82, 2.24) is 15.2 Å². The van der Waals surface area contributed by atoms with Crippen LogP contribution in [0.5, 0.6) is 0 Å². The summed E-state index contributed by atoms with van der Waals surface area (Å²) in [7, 11) is 4.39. The maximum atomic E-state index is 4.58. The first-order valence-corrected chi connectivity index (χ1v) is 8.22. The van der Waals surface area contributed by atoms with E-state index in [4.69, 9.17) is 0 Å². The van der Waals surface area contributed by atoms with Crippen LogP contribution in [0.15, 0.2) is 18.3 Å². The van der Waals surface area contributed by atoms with Gasteiger partial charge in [-0.25, -0.2) is 4.98 Å². The number of piperidine rings is 1. The predicted molar refractivity (Wildman–Crippen MR) is 89.9 cm³/mol. The Balaban J connectivity index is 2.02. The second-order valence-corrected chi connectivity index (χ2v) is 6.27. The summed E-state index contributed by atoms with van der Waals surface area (Å²) < 4.78 is 0. The maximum Gasteiger partial charge on any atom is 0.128 e. The van der Waals surface area contributed by atoms with Crippen LogP contribution in [0.25, 0.3) is 0 Å². The zero-order chi connectivity index (χ0) is 15.2. The van der Waals surface area contributed by atoms with E-state index in [1.165, 1.54) is 31.5 Å². The number of anilines is 1. The molecule has 1 atom stereocenters. The lowest BCUT2D eigenvalue weighted by Gasteiger charge is -2.36. The molecule has 1 unspecified atom stereocenters. The van der Waals surface area contributed by atoms with Gasteiger partial charge < -0.3 is 15.1 Å². The second kappa shape index (κ2) is 7.76. The molecule has 0 saturated carbocycles. The van der Waals surface area contributed by atoms with Crippen molar-refractivity contribution >= 4 is 5.82 Å². The number of nitrogens with one attached hydrogen (secondary N) is 1. The highest BCUT2D eigenvalue weighted by Crippen LogP contribution is 2.22. The van der Waals surface area contributed by atoms with Gasteiger partial charge in [-0.3, -0.25) is 0 Å². The molecule has 0 bridgehead atoms. The first-order valence-electron chi connectivity index (χ1n) is 8.22. The first-order chi connectivity index (χ1) is 10.1. The molecule has 4 nitrogen and oxygen atoms in total. The van der Waals surface area contributed by atoms with Gasteiger partial charge >= 0.3 is 0 Å². The van der Waals surface area contributed by atoms with E-state index in [1.807, 2.05) is 6.20 Å². The van der Waals surface area contributed by atoms with Crippen molar-refractivity contribution in [2.75, 3.05) is 38.6 Å². The van der Waals surface area contributed by atoms with Gasteiger partial charge in [0.05, 0.1) is 0 Å². The molecule has 1 aliphatic rings. The van der Waals surface area contributed by atoms with Gasteiger partial charge in [0.25, 0.3) is 0 Å². The lowest BCUT2D eigenvalue weighted by atomic mass is 10.0. The molecule has 0 amide bonds. The second-order valence-electron chi connectivity index (χ2n) is 6.27. The van der Waals surface area contributed by atoms with Gasteiger partial charge in [-0.15, -0.1) is 0 Å². The summed E-state index contributed by atoms with van der Waals surface area (Å²) in [6.07, 6.45) is 5.56. The maximum absolute atomic E-state index is 4.58. The Labute approximate surface area is 129 Å². The van der Waals surface area contributed by atoms with Crippen LogP contribution in [-0.2, 0) is 0 Å². The molecular formula is C17H30N4. The Kier molecular flexibility index (Phi) is 6.00. The summed E-state index contributed by atoms with van der Waals surface area (Å²) in [6.45, 7) is 7.85. The third-order valence-corrected chi connectivity index (χ3v) is 4.57.